The summed E-state index contributed by atoms with van der Waals surface area (Å²) >= 11 is 0. The molecule has 0 fully saturated rings. The van der Waals surface area contributed by atoms with Crippen LogP contribution in [0.4, 0.5) is 0 Å². The highest BCUT2D eigenvalue weighted by Crippen LogP contribution is 2.31. The van der Waals surface area contributed by atoms with E-state index in [9.17, 15) is 0 Å². The van der Waals surface area contributed by atoms with Crippen LogP contribution >= 0.6 is 24.0 Å². The van der Waals surface area contributed by atoms with E-state index in [4.69, 9.17) is 18.9 Å². The molecule has 2 N–H and O–H groups in total. The van der Waals surface area contributed by atoms with Gasteiger partial charge in [-0.25, -0.2) is 0 Å². The Hall–Kier alpha value is -2.36. The molecule has 0 aliphatic carbocycles. The molecule has 0 amide bonds. The molecule has 0 spiro atoms. The number of aliphatic imine (C=N–C) groups is 1. The maximum absolute atomic E-state index is 5.74. The average molecular weight is 543 g/mol. The van der Waals surface area contributed by atoms with Crippen LogP contribution in [0.3, 0.4) is 0 Å². The van der Waals surface area contributed by atoms with Crippen LogP contribution in [0, 0.1) is 0 Å². The lowest BCUT2D eigenvalue weighted by Crippen LogP contribution is -2.38. The van der Waals surface area contributed by atoms with Gasteiger partial charge in [-0.2, -0.15) is 0 Å². The Balaban J connectivity index is 0.00000480. The first kappa shape index (κ1) is 26.7. The lowest BCUT2D eigenvalue weighted by molar-refractivity contribution is 0.287. The maximum Gasteiger partial charge on any atom is 0.191 e. The summed E-state index contributed by atoms with van der Waals surface area (Å²) in [6.07, 6.45) is 0. The van der Waals surface area contributed by atoms with Gasteiger partial charge in [0.25, 0.3) is 0 Å². The van der Waals surface area contributed by atoms with Crippen molar-refractivity contribution in [2.75, 3.05) is 34.5 Å². The number of ether oxygens (including phenoxy) is 4. The molecule has 0 aliphatic heterocycles. The maximum atomic E-state index is 5.74. The molecular weight excluding hydrogens is 509 g/mol. The number of hydrogen-bond donors (Lipinski definition) is 2. The summed E-state index contributed by atoms with van der Waals surface area (Å²) in [4.78, 5) is 4.34. The fraction of sp³-hybridized carbons (Fsp3) is 0.435. The summed E-state index contributed by atoms with van der Waals surface area (Å²) < 4.78 is 22.3. The lowest BCUT2D eigenvalue weighted by atomic mass is 10.1. The molecule has 7 nitrogen and oxygen atoms in total. The van der Waals surface area contributed by atoms with Crippen molar-refractivity contribution in [2.24, 2.45) is 4.99 Å². The van der Waals surface area contributed by atoms with Gasteiger partial charge in [-0.15, -0.1) is 24.0 Å². The number of hydrogen-bond acceptors (Lipinski definition) is 5. The molecule has 1 unspecified atom stereocenters. The van der Waals surface area contributed by atoms with E-state index in [0.29, 0.717) is 37.2 Å². The number of methoxy groups -OCH3 is 2. The third kappa shape index (κ3) is 7.37. The highest BCUT2D eigenvalue weighted by molar-refractivity contribution is 14.0. The van der Waals surface area contributed by atoms with E-state index in [1.165, 1.54) is 0 Å². The normalized spacial score (nSPS) is 11.7. The van der Waals surface area contributed by atoms with Crippen LogP contribution in [0.5, 0.6) is 23.0 Å². The SMILES string of the molecule is CCOc1ccc(C(C)NC(=NC)NCc2cccc(OC)c2OC)cc1OCC.I. The predicted octanol–water partition coefficient (Wildman–Crippen LogP) is 4.55. The second-order valence-electron chi connectivity index (χ2n) is 6.52. The third-order valence-electron chi connectivity index (χ3n) is 4.58. The van der Waals surface area contributed by atoms with E-state index in [2.05, 4.69) is 22.5 Å². The summed E-state index contributed by atoms with van der Waals surface area (Å²) in [5, 5.41) is 6.74. The Morgan fingerprint density at radius 3 is 2.29 bits per heavy atom. The molecule has 0 saturated carbocycles. The first-order valence-corrected chi connectivity index (χ1v) is 10.1. The molecule has 2 aromatic carbocycles. The van der Waals surface area contributed by atoms with E-state index < -0.39 is 0 Å². The number of nitrogens with zero attached hydrogens (tertiary/aromatic N) is 1. The number of rotatable bonds is 10. The number of guanidine groups is 1. The first-order chi connectivity index (χ1) is 14.6. The van der Waals surface area contributed by atoms with Gasteiger partial charge >= 0.3 is 0 Å². The van der Waals surface area contributed by atoms with E-state index in [1.807, 2.05) is 50.2 Å². The molecule has 0 radical (unpaired) electrons. The van der Waals surface area contributed by atoms with Crippen LogP contribution in [0.25, 0.3) is 0 Å². The fourth-order valence-electron chi connectivity index (χ4n) is 3.09. The molecule has 2 rings (SSSR count). The molecule has 172 valence electrons. The second kappa shape index (κ2) is 13.8. The zero-order valence-electron chi connectivity index (χ0n) is 19.2. The number of benzene rings is 2. The molecule has 8 heteroatoms. The minimum Gasteiger partial charge on any atom is -0.493 e. The minimum absolute atomic E-state index is 0. The Morgan fingerprint density at radius 1 is 0.968 bits per heavy atom. The zero-order valence-corrected chi connectivity index (χ0v) is 21.5. The monoisotopic (exact) mass is 543 g/mol. The van der Waals surface area contributed by atoms with Crippen molar-refractivity contribution in [3.8, 4) is 23.0 Å². The molecule has 0 aromatic heterocycles. The van der Waals surface area contributed by atoms with Gasteiger partial charge in [-0.3, -0.25) is 4.99 Å². The zero-order chi connectivity index (χ0) is 21.9. The molecule has 1 atom stereocenters. The van der Waals surface area contributed by atoms with Crippen LogP contribution in [0.15, 0.2) is 41.4 Å². The van der Waals surface area contributed by atoms with Crippen LogP contribution in [0.1, 0.15) is 37.9 Å². The van der Waals surface area contributed by atoms with Crippen molar-refractivity contribution < 1.29 is 18.9 Å². The van der Waals surface area contributed by atoms with Crippen molar-refractivity contribution in [1.82, 2.24) is 10.6 Å². The van der Waals surface area contributed by atoms with Crippen molar-refractivity contribution in [3.63, 3.8) is 0 Å². The Morgan fingerprint density at radius 2 is 1.68 bits per heavy atom. The Bertz CT molecular complexity index is 846. The van der Waals surface area contributed by atoms with E-state index in [-0.39, 0.29) is 30.0 Å². The lowest BCUT2D eigenvalue weighted by Gasteiger charge is -2.20. The average Bonchev–Trinajstić information content (AvgIpc) is 2.77. The molecule has 31 heavy (non-hydrogen) atoms. The molecule has 0 bridgehead atoms. The fourth-order valence-corrected chi connectivity index (χ4v) is 3.09. The van der Waals surface area contributed by atoms with E-state index >= 15 is 0 Å². The Kier molecular flexibility index (Phi) is 11.9. The van der Waals surface area contributed by atoms with Crippen molar-refractivity contribution in [3.05, 3.63) is 47.5 Å². The topological polar surface area (TPSA) is 73.3 Å². The van der Waals surface area contributed by atoms with Gasteiger partial charge in [0.05, 0.1) is 33.5 Å². The molecule has 0 saturated heterocycles. The van der Waals surface area contributed by atoms with Gasteiger partial charge in [0.2, 0.25) is 0 Å². The van der Waals surface area contributed by atoms with Gasteiger partial charge in [0, 0.05) is 19.2 Å². The highest BCUT2D eigenvalue weighted by atomic mass is 127. The summed E-state index contributed by atoms with van der Waals surface area (Å²) in [7, 11) is 5.01. The molecule has 0 heterocycles. The van der Waals surface area contributed by atoms with Crippen LogP contribution in [-0.4, -0.2) is 40.4 Å². The third-order valence-corrected chi connectivity index (χ3v) is 4.58. The van der Waals surface area contributed by atoms with Gasteiger partial charge in [-0.05, 0) is 44.5 Å². The van der Waals surface area contributed by atoms with Crippen LogP contribution < -0.4 is 29.6 Å². The van der Waals surface area contributed by atoms with Gasteiger partial charge in [0.1, 0.15) is 0 Å². The molecule has 0 aliphatic rings. The van der Waals surface area contributed by atoms with Crippen molar-refractivity contribution >= 4 is 29.9 Å². The summed E-state index contributed by atoms with van der Waals surface area (Å²) in [5.41, 5.74) is 2.05. The highest BCUT2D eigenvalue weighted by Gasteiger charge is 2.14. The van der Waals surface area contributed by atoms with Gasteiger partial charge in [0.15, 0.2) is 29.0 Å². The van der Waals surface area contributed by atoms with Gasteiger partial charge < -0.3 is 29.6 Å². The summed E-state index contributed by atoms with van der Waals surface area (Å²) in [5.74, 6) is 3.59. The number of nitrogens with one attached hydrogen (secondary N) is 2. The first-order valence-electron chi connectivity index (χ1n) is 10.1. The van der Waals surface area contributed by atoms with E-state index in [1.54, 1.807) is 21.3 Å². The van der Waals surface area contributed by atoms with Crippen molar-refractivity contribution in [1.29, 1.82) is 0 Å². The predicted molar refractivity (Wildman–Crippen MR) is 135 cm³/mol. The summed E-state index contributed by atoms with van der Waals surface area (Å²) in [6, 6.07) is 11.8. The van der Waals surface area contributed by atoms with Crippen LogP contribution in [-0.2, 0) is 6.54 Å². The quantitative estimate of drug-likeness (QED) is 0.261. The summed E-state index contributed by atoms with van der Waals surface area (Å²) in [6.45, 7) is 7.71. The number of para-hydroxylation sites is 1. The van der Waals surface area contributed by atoms with Crippen LogP contribution in [0.2, 0.25) is 0 Å². The van der Waals surface area contributed by atoms with Gasteiger partial charge in [-0.1, -0.05) is 18.2 Å². The largest absolute Gasteiger partial charge is 0.493 e. The number of halogens is 1. The minimum atomic E-state index is 0. The standard InChI is InChI=1S/C23H33N3O4.HI/c1-7-29-19-13-12-17(14-21(19)30-8-2)16(3)26-23(24-4)25-15-18-10-9-11-20(27-5)22(18)28-6;/h9-14,16H,7-8,15H2,1-6H3,(H2,24,25,26);1H. The second-order valence-corrected chi connectivity index (χ2v) is 6.52. The smallest absolute Gasteiger partial charge is 0.191 e. The van der Waals surface area contributed by atoms with E-state index in [0.717, 1.165) is 22.6 Å². The Labute approximate surface area is 202 Å². The molecule has 2 aromatic rings. The van der Waals surface area contributed by atoms with Crippen molar-refractivity contribution in [2.45, 2.75) is 33.4 Å². The molecular formula is C23H34IN3O4.